The number of carboxylic acids is 1. The maximum atomic E-state index is 13.6. The maximum Gasteiger partial charge on any atom is 0.330 e. The molecule has 1 saturated heterocycles. The van der Waals surface area contributed by atoms with Gasteiger partial charge in [0, 0.05) is 25.3 Å². The molecule has 4 unspecified atom stereocenters. The van der Waals surface area contributed by atoms with Gasteiger partial charge in [-0.05, 0) is 69.3 Å². The van der Waals surface area contributed by atoms with Crippen LogP contribution < -0.4 is 11.0 Å². The first-order valence-corrected chi connectivity index (χ1v) is 12.7. The summed E-state index contributed by atoms with van der Waals surface area (Å²) < 4.78 is 9.24. The number of rotatable bonds is 4. The van der Waals surface area contributed by atoms with Gasteiger partial charge in [0.1, 0.15) is 5.52 Å². The highest BCUT2D eigenvalue weighted by Gasteiger charge is 2.62. The van der Waals surface area contributed by atoms with E-state index in [0.717, 1.165) is 56.4 Å². The Kier molecular flexibility index (Phi) is 4.31. The molecule has 5 aliphatic carbocycles. The molecule has 6 aliphatic rings. The van der Waals surface area contributed by atoms with E-state index in [2.05, 4.69) is 29.4 Å². The number of fused-ring (bicyclic) bond motifs is 2. The number of carboxylic acid groups (broad SMARTS) is 1. The summed E-state index contributed by atoms with van der Waals surface area (Å²) in [6.45, 7) is 2.82. The van der Waals surface area contributed by atoms with Crippen LogP contribution in [0.5, 0.6) is 0 Å². The molecule has 9 nitrogen and oxygen atoms in total. The second kappa shape index (κ2) is 7.06. The minimum Gasteiger partial charge on any atom is -0.481 e. The molecule has 4 bridgehead atoms. The van der Waals surface area contributed by atoms with Crippen molar-refractivity contribution in [2.75, 3.05) is 11.9 Å². The van der Waals surface area contributed by atoms with Crippen molar-refractivity contribution in [2.24, 2.45) is 30.2 Å². The van der Waals surface area contributed by atoms with E-state index >= 15 is 0 Å². The Labute approximate surface area is 202 Å². The summed E-state index contributed by atoms with van der Waals surface area (Å²) in [5.41, 5.74) is 1.97. The second-order valence-electron chi connectivity index (χ2n) is 11.7. The fourth-order valence-corrected chi connectivity index (χ4v) is 8.25. The third-order valence-corrected chi connectivity index (χ3v) is 9.41. The van der Waals surface area contributed by atoms with Crippen molar-refractivity contribution < 1.29 is 14.6 Å². The standard InChI is InChI=1S/C26H31N5O4/c1-14-5-20-17(3-4-35-20)7-18(14)28-23-27-12-19-21(29-23)31(24(34)30(19)2)26-10-15-6-16(11-26)9-25(8-15,13-26)22(32)33/h5,7,12,15-17,20H,3-4,6,8-11,13H2,1-2H3,(H,32,33)(H,27,28,29). The summed E-state index contributed by atoms with van der Waals surface area (Å²) in [5.74, 6) is 0.776. The molecule has 5 fully saturated rings. The minimum absolute atomic E-state index is 0.132. The number of nitrogens with one attached hydrogen (secondary N) is 1. The monoisotopic (exact) mass is 477 g/mol. The molecular formula is C26H31N5O4. The van der Waals surface area contributed by atoms with Gasteiger partial charge in [-0.25, -0.2) is 9.78 Å². The quantitative estimate of drug-likeness (QED) is 0.696. The first-order chi connectivity index (χ1) is 16.8. The average Bonchev–Trinajstić information content (AvgIpc) is 3.34. The summed E-state index contributed by atoms with van der Waals surface area (Å²) in [5, 5.41) is 13.6. The molecule has 184 valence electrons. The normalized spacial score (nSPS) is 37.3. The zero-order chi connectivity index (χ0) is 24.1. The third-order valence-electron chi connectivity index (χ3n) is 9.41. The summed E-state index contributed by atoms with van der Waals surface area (Å²) >= 11 is 0. The Morgan fingerprint density at radius 1 is 1.23 bits per heavy atom. The molecule has 2 N–H and O–H groups in total. The Morgan fingerprint density at radius 2 is 2.00 bits per heavy atom. The number of carbonyl (C=O) groups is 1. The lowest BCUT2D eigenvalue weighted by Crippen LogP contribution is -2.60. The highest BCUT2D eigenvalue weighted by molar-refractivity contribution is 5.76. The Morgan fingerprint density at radius 3 is 2.74 bits per heavy atom. The van der Waals surface area contributed by atoms with Crippen LogP contribution >= 0.6 is 0 Å². The molecule has 0 radical (unpaired) electrons. The predicted octanol–water partition coefficient (Wildman–Crippen LogP) is 3.17. The van der Waals surface area contributed by atoms with Crippen LogP contribution in [0.2, 0.25) is 0 Å². The van der Waals surface area contributed by atoms with Gasteiger partial charge in [0.15, 0.2) is 5.65 Å². The minimum atomic E-state index is -0.728. The van der Waals surface area contributed by atoms with Crippen LogP contribution in [0.3, 0.4) is 0 Å². The van der Waals surface area contributed by atoms with Crippen molar-refractivity contribution in [3.05, 3.63) is 40.1 Å². The van der Waals surface area contributed by atoms with Crippen LogP contribution in [0.4, 0.5) is 5.95 Å². The average molecular weight is 478 g/mol. The number of hydrogen-bond acceptors (Lipinski definition) is 6. The van der Waals surface area contributed by atoms with Crippen molar-refractivity contribution in [3.8, 4) is 0 Å². The molecular weight excluding hydrogens is 446 g/mol. The summed E-state index contributed by atoms with van der Waals surface area (Å²) in [6.07, 6.45) is 11.9. The molecule has 2 aromatic heterocycles. The smallest absolute Gasteiger partial charge is 0.330 e. The first-order valence-electron chi connectivity index (χ1n) is 12.7. The van der Waals surface area contributed by atoms with Gasteiger partial charge in [0.25, 0.3) is 0 Å². The van der Waals surface area contributed by atoms with Gasteiger partial charge in [-0.1, -0.05) is 12.2 Å². The second-order valence-corrected chi connectivity index (χ2v) is 11.7. The molecule has 4 atom stereocenters. The Hall–Kier alpha value is -2.94. The molecule has 35 heavy (non-hydrogen) atoms. The van der Waals surface area contributed by atoms with Crippen molar-refractivity contribution in [1.29, 1.82) is 0 Å². The summed E-state index contributed by atoms with van der Waals surface area (Å²) in [7, 11) is 1.75. The number of nitrogens with zero attached hydrogens (tertiary/aromatic N) is 4. The van der Waals surface area contributed by atoms with Crippen LogP contribution in [-0.2, 0) is 22.1 Å². The molecule has 0 aromatic carbocycles. The van der Waals surface area contributed by atoms with E-state index in [1.165, 1.54) is 0 Å². The van der Waals surface area contributed by atoms with Gasteiger partial charge in [0.2, 0.25) is 5.95 Å². The number of hydrogen-bond donors (Lipinski definition) is 2. The first kappa shape index (κ1) is 21.4. The molecule has 9 heteroatoms. The van der Waals surface area contributed by atoms with Gasteiger partial charge >= 0.3 is 11.7 Å². The number of anilines is 1. The van der Waals surface area contributed by atoms with E-state index in [1.807, 2.05) is 4.57 Å². The fraction of sp³-hybridized carbons (Fsp3) is 0.615. The van der Waals surface area contributed by atoms with Crippen LogP contribution in [-0.4, -0.2) is 42.9 Å². The number of aryl methyl sites for hydroxylation is 1. The lowest BCUT2D eigenvalue weighted by atomic mass is 9.46. The number of aliphatic carboxylic acids is 1. The van der Waals surface area contributed by atoms with E-state index in [4.69, 9.17) is 9.72 Å². The lowest BCUT2D eigenvalue weighted by molar-refractivity contribution is -0.172. The predicted molar refractivity (Wildman–Crippen MR) is 129 cm³/mol. The van der Waals surface area contributed by atoms with Crippen LogP contribution in [0.15, 0.2) is 34.4 Å². The van der Waals surface area contributed by atoms with E-state index in [-0.39, 0.29) is 11.8 Å². The fourth-order valence-electron chi connectivity index (χ4n) is 8.25. The van der Waals surface area contributed by atoms with Crippen molar-refractivity contribution in [1.82, 2.24) is 19.1 Å². The lowest BCUT2D eigenvalue weighted by Gasteiger charge is -2.60. The van der Waals surface area contributed by atoms with Crippen LogP contribution in [0.1, 0.15) is 51.9 Å². The van der Waals surface area contributed by atoms with Gasteiger partial charge in [-0.3, -0.25) is 13.9 Å². The maximum absolute atomic E-state index is 13.6. The number of imidazole rings is 1. The van der Waals surface area contributed by atoms with Crippen LogP contribution in [0, 0.1) is 23.2 Å². The zero-order valence-electron chi connectivity index (χ0n) is 20.2. The highest BCUT2D eigenvalue weighted by Crippen LogP contribution is 2.64. The molecule has 1 aliphatic heterocycles. The molecule has 3 heterocycles. The topological polar surface area (TPSA) is 111 Å². The van der Waals surface area contributed by atoms with E-state index in [0.29, 0.717) is 41.3 Å². The van der Waals surface area contributed by atoms with Gasteiger partial charge in [0.05, 0.1) is 23.3 Å². The third kappa shape index (κ3) is 2.96. The van der Waals surface area contributed by atoms with Crippen molar-refractivity contribution >= 4 is 23.1 Å². The molecule has 4 saturated carbocycles. The van der Waals surface area contributed by atoms with E-state index in [9.17, 15) is 14.7 Å². The molecule has 0 amide bonds. The molecule has 0 spiro atoms. The summed E-state index contributed by atoms with van der Waals surface area (Å²) in [4.78, 5) is 35.4. The van der Waals surface area contributed by atoms with Gasteiger partial charge < -0.3 is 15.2 Å². The van der Waals surface area contributed by atoms with Gasteiger partial charge in [-0.15, -0.1) is 0 Å². The number of allylic oxidation sites excluding steroid dienone is 1. The molecule has 8 rings (SSSR count). The van der Waals surface area contributed by atoms with E-state index < -0.39 is 16.9 Å². The zero-order valence-corrected chi connectivity index (χ0v) is 20.2. The van der Waals surface area contributed by atoms with Crippen molar-refractivity contribution in [2.45, 2.75) is 63.5 Å². The SMILES string of the molecule is CC1=CC2OCCC2C=C1Nc1ncc2c(n1)n(C13CC4CC(CC(C(=O)O)(C4)C1)C3)c(=O)n2C. The summed E-state index contributed by atoms with van der Waals surface area (Å²) in [6, 6.07) is 0. The largest absolute Gasteiger partial charge is 0.481 e. The van der Waals surface area contributed by atoms with Crippen molar-refractivity contribution in [3.63, 3.8) is 0 Å². The van der Waals surface area contributed by atoms with Crippen LogP contribution in [0.25, 0.3) is 11.2 Å². The Balaban J connectivity index is 1.32. The van der Waals surface area contributed by atoms with Gasteiger partial charge in [-0.2, -0.15) is 4.98 Å². The Bertz CT molecular complexity index is 1370. The molecule has 2 aromatic rings. The highest BCUT2D eigenvalue weighted by atomic mass is 16.5. The number of ether oxygens (including phenoxy) is 1. The van der Waals surface area contributed by atoms with E-state index in [1.54, 1.807) is 17.8 Å². The number of aromatic nitrogens is 4.